The second kappa shape index (κ2) is 7.72. The highest BCUT2D eigenvalue weighted by molar-refractivity contribution is 7.91. The van der Waals surface area contributed by atoms with Gasteiger partial charge >= 0.3 is 0 Å². The summed E-state index contributed by atoms with van der Waals surface area (Å²) in [4.78, 5) is 16.3. The maximum absolute atomic E-state index is 12.6. The lowest BCUT2D eigenvalue weighted by atomic mass is 10.0. The minimum Gasteiger partial charge on any atom is -0.493 e. The molecule has 7 nitrogen and oxygen atoms in total. The van der Waals surface area contributed by atoms with Crippen molar-refractivity contribution in [3.63, 3.8) is 0 Å². The fraction of sp³-hybridized carbons (Fsp3) is 0.588. The Hall–Kier alpha value is -1.64. The minimum absolute atomic E-state index is 0.00484. The van der Waals surface area contributed by atoms with Crippen molar-refractivity contribution in [1.29, 1.82) is 0 Å². The number of aliphatic hydroxyl groups excluding tert-OH is 1. The average Bonchev–Trinajstić information content (AvgIpc) is 2.91. The zero-order valence-corrected chi connectivity index (χ0v) is 14.9. The van der Waals surface area contributed by atoms with E-state index in [-0.39, 0.29) is 49.1 Å². The first-order valence-corrected chi connectivity index (χ1v) is 10.3. The van der Waals surface area contributed by atoms with Crippen molar-refractivity contribution in [3.8, 4) is 5.75 Å². The molecule has 2 heterocycles. The van der Waals surface area contributed by atoms with Gasteiger partial charge in [0.25, 0.3) is 0 Å². The standard InChI is InChI=1S/C17H24N2O5S/c20-10-9-18-7-8-19(16-13-25(22,23)12-15(16)18)17(21)6-11-24-14-4-2-1-3-5-14/h1-5,15-16,20H,6-13H2/t15-,16+/m0/s1. The third-order valence-corrected chi connectivity index (χ3v) is 6.53. The Morgan fingerprint density at radius 3 is 2.60 bits per heavy atom. The molecule has 3 rings (SSSR count). The second-order valence-corrected chi connectivity index (χ2v) is 8.62. The van der Waals surface area contributed by atoms with E-state index < -0.39 is 9.84 Å². The van der Waals surface area contributed by atoms with Crippen LogP contribution in [0.4, 0.5) is 0 Å². The summed E-state index contributed by atoms with van der Waals surface area (Å²) in [6.07, 6.45) is 0.220. The Morgan fingerprint density at radius 2 is 1.88 bits per heavy atom. The summed E-state index contributed by atoms with van der Waals surface area (Å²) in [6, 6.07) is 8.75. The molecule has 2 aliphatic heterocycles. The van der Waals surface area contributed by atoms with E-state index in [2.05, 4.69) is 0 Å². The molecule has 25 heavy (non-hydrogen) atoms. The highest BCUT2D eigenvalue weighted by Crippen LogP contribution is 2.27. The molecule has 0 aromatic heterocycles. The maximum atomic E-state index is 12.6. The number of aliphatic hydroxyl groups is 1. The number of sulfone groups is 1. The fourth-order valence-corrected chi connectivity index (χ4v) is 5.67. The quantitative estimate of drug-likeness (QED) is 0.746. The van der Waals surface area contributed by atoms with Gasteiger partial charge in [-0.15, -0.1) is 0 Å². The molecule has 0 bridgehead atoms. The van der Waals surface area contributed by atoms with Crippen molar-refractivity contribution in [3.05, 3.63) is 30.3 Å². The van der Waals surface area contributed by atoms with Crippen LogP contribution in [0, 0.1) is 0 Å². The monoisotopic (exact) mass is 368 g/mol. The van der Waals surface area contributed by atoms with Crippen molar-refractivity contribution in [2.24, 2.45) is 0 Å². The van der Waals surface area contributed by atoms with Crippen LogP contribution in [-0.2, 0) is 14.6 Å². The molecule has 1 aromatic carbocycles. The van der Waals surface area contributed by atoms with Gasteiger partial charge in [-0.1, -0.05) is 18.2 Å². The summed E-state index contributed by atoms with van der Waals surface area (Å²) in [7, 11) is -3.16. The number of fused-ring (bicyclic) bond motifs is 1. The number of β-amino-alcohol motifs (C(OH)–C–C–N with tert-alkyl or cyclic N) is 1. The molecule has 138 valence electrons. The van der Waals surface area contributed by atoms with Crippen molar-refractivity contribution in [2.45, 2.75) is 18.5 Å². The van der Waals surface area contributed by atoms with Gasteiger partial charge in [-0.25, -0.2) is 8.42 Å². The Kier molecular flexibility index (Phi) is 5.61. The predicted octanol–water partition coefficient (Wildman–Crippen LogP) is -0.242. The summed E-state index contributed by atoms with van der Waals surface area (Å²) in [6.45, 7) is 1.77. The first kappa shape index (κ1) is 18.2. The number of hydrogen-bond donors (Lipinski definition) is 1. The molecular formula is C17H24N2O5S. The molecular weight excluding hydrogens is 344 g/mol. The van der Waals surface area contributed by atoms with Gasteiger partial charge < -0.3 is 14.7 Å². The van der Waals surface area contributed by atoms with Gasteiger partial charge in [0, 0.05) is 25.7 Å². The van der Waals surface area contributed by atoms with E-state index in [1.807, 2.05) is 35.2 Å². The summed E-state index contributed by atoms with van der Waals surface area (Å²) < 4.78 is 29.7. The smallest absolute Gasteiger partial charge is 0.226 e. The molecule has 0 aliphatic carbocycles. The first-order chi connectivity index (χ1) is 12.0. The molecule has 0 radical (unpaired) electrons. The van der Waals surface area contributed by atoms with Crippen LogP contribution in [0.15, 0.2) is 30.3 Å². The number of carbonyl (C=O) groups excluding carboxylic acids is 1. The number of nitrogens with zero attached hydrogens (tertiary/aromatic N) is 2. The molecule has 1 aromatic rings. The Labute approximate surface area is 148 Å². The van der Waals surface area contributed by atoms with Gasteiger partial charge in [0.15, 0.2) is 9.84 Å². The van der Waals surface area contributed by atoms with Gasteiger partial charge in [0.05, 0.1) is 37.2 Å². The Bertz CT molecular complexity index is 694. The normalized spacial score (nSPS) is 25.6. The van der Waals surface area contributed by atoms with E-state index in [4.69, 9.17) is 4.74 Å². The van der Waals surface area contributed by atoms with E-state index >= 15 is 0 Å². The van der Waals surface area contributed by atoms with Crippen LogP contribution in [0.2, 0.25) is 0 Å². The Morgan fingerprint density at radius 1 is 1.16 bits per heavy atom. The van der Waals surface area contributed by atoms with E-state index in [0.717, 1.165) is 0 Å². The lowest BCUT2D eigenvalue weighted by Crippen LogP contribution is -2.61. The summed E-state index contributed by atoms with van der Waals surface area (Å²) >= 11 is 0. The number of para-hydroxylation sites is 1. The lowest BCUT2D eigenvalue weighted by molar-refractivity contribution is -0.137. The van der Waals surface area contributed by atoms with Crippen LogP contribution in [0.1, 0.15) is 6.42 Å². The number of piperazine rings is 1. The Balaban J connectivity index is 1.60. The summed E-state index contributed by atoms with van der Waals surface area (Å²) in [5.74, 6) is 0.698. The van der Waals surface area contributed by atoms with Crippen molar-refractivity contribution < 1.29 is 23.1 Å². The molecule has 2 saturated heterocycles. The van der Waals surface area contributed by atoms with Gasteiger partial charge in [0.1, 0.15) is 5.75 Å². The molecule has 1 N–H and O–H groups in total. The maximum Gasteiger partial charge on any atom is 0.226 e. The van der Waals surface area contributed by atoms with Crippen LogP contribution in [-0.4, -0.2) is 85.7 Å². The van der Waals surface area contributed by atoms with Crippen molar-refractivity contribution >= 4 is 15.7 Å². The number of ether oxygens (including phenoxy) is 1. The second-order valence-electron chi connectivity index (χ2n) is 6.47. The minimum atomic E-state index is -3.16. The van der Waals surface area contributed by atoms with Gasteiger partial charge in [-0.05, 0) is 12.1 Å². The lowest BCUT2D eigenvalue weighted by Gasteiger charge is -2.43. The van der Waals surface area contributed by atoms with E-state index in [1.165, 1.54) is 0 Å². The largest absolute Gasteiger partial charge is 0.493 e. The molecule has 0 spiro atoms. The third kappa shape index (κ3) is 4.31. The highest BCUT2D eigenvalue weighted by atomic mass is 32.2. The fourth-order valence-electron chi connectivity index (χ4n) is 3.66. The molecule has 0 unspecified atom stereocenters. The summed E-state index contributed by atoms with van der Waals surface area (Å²) in [5, 5.41) is 9.18. The molecule has 0 saturated carbocycles. The third-order valence-electron chi connectivity index (χ3n) is 4.83. The zero-order valence-electron chi connectivity index (χ0n) is 14.1. The average molecular weight is 368 g/mol. The molecule has 2 fully saturated rings. The van der Waals surface area contributed by atoms with Crippen LogP contribution < -0.4 is 4.74 Å². The molecule has 2 aliphatic rings. The topological polar surface area (TPSA) is 87.2 Å². The molecule has 2 atom stereocenters. The highest BCUT2D eigenvalue weighted by Gasteiger charge is 2.47. The molecule has 1 amide bonds. The van der Waals surface area contributed by atoms with Crippen LogP contribution >= 0.6 is 0 Å². The number of amides is 1. The predicted molar refractivity (Wildman–Crippen MR) is 93.2 cm³/mol. The van der Waals surface area contributed by atoms with Gasteiger partial charge in [0.2, 0.25) is 5.91 Å². The molecule has 8 heteroatoms. The van der Waals surface area contributed by atoms with E-state index in [1.54, 1.807) is 4.90 Å². The number of hydrogen-bond acceptors (Lipinski definition) is 6. The van der Waals surface area contributed by atoms with Crippen LogP contribution in [0.25, 0.3) is 0 Å². The zero-order chi connectivity index (χ0) is 17.9. The number of rotatable bonds is 6. The van der Waals surface area contributed by atoms with Crippen LogP contribution in [0.3, 0.4) is 0 Å². The van der Waals surface area contributed by atoms with Crippen molar-refractivity contribution in [1.82, 2.24) is 9.80 Å². The van der Waals surface area contributed by atoms with Crippen molar-refractivity contribution in [2.75, 3.05) is 44.4 Å². The van der Waals surface area contributed by atoms with Crippen LogP contribution in [0.5, 0.6) is 5.75 Å². The SMILES string of the molecule is O=C(CCOc1ccccc1)N1CCN(CCO)[C@H]2CS(=O)(=O)C[C@H]21. The summed E-state index contributed by atoms with van der Waals surface area (Å²) in [5.41, 5.74) is 0. The van der Waals surface area contributed by atoms with E-state index in [9.17, 15) is 18.3 Å². The number of benzene rings is 1. The first-order valence-electron chi connectivity index (χ1n) is 8.53. The van der Waals surface area contributed by atoms with E-state index in [0.29, 0.717) is 25.4 Å². The van der Waals surface area contributed by atoms with Gasteiger partial charge in [-0.3, -0.25) is 9.69 Å². The number of carbonyl (C=O) groups is 1. The van der Waals surface area contributed by atoms with Gasteiger partial charge in [-0.2, -0.15) is 0 Å².